The summed E-state index contributed by atoms with van der Waals surface area (Å²) in [7, 11) is 1.70. The summed E-state index contributed by atoms with van der Waals surface area (Å²) < 4.78 is 5.22. The number of benzene rings is 2. The fourth-order valence-electron chi connectivity index (χ4n) is 1.98. The van der Waals surface area contributed by atoms with Crippen molar-refractivity contribution in [1.29, 1.82) is 0 Å². The lowest BCUT2D eigenvalue weighted by atomic mass is 10.2. The molecule has 0 aliphatic carbocycles. The van der Waals surface area contributed by atoms with Crippen LogP contribution in [0.1, 0.15) is 17.3 Å². The SMILES string of the molecule is CNc1ccccc1C(=O)O[C@@H](C)C(=O)Nc1cc(Cl)ccc1Cl. The van der Waals surface area contributed by atoms with Crippen molar-refractivity contribution in [2.75, 3.05) is 17.7 Å². The van der Waals surface area contributed by atoms with Crippen molar-refractivity contribution in [2.24, 2.45) is 0 Å². The molecule has 7 heteroatoms. The number of nitrogens with one attached hydrogen (secondary N) is 2. The van der Waals surface area contributed by atoms with E-state index in [1.165, 1.54) is 13.0 Å². The van der Waals surface area contributed by atoms with Crippen LogP contribution in [0.2, 0.25) is 10.0 Å². The molecule has 0 radical (unpaired) electrons. The van der Waals surface area contributed by atoms with Crippen molar-refractivity contribution in [1.82, 2.24) is 0 Å². The second kappa shape index (κ2) is 8.04. The van der Waals surface area contributed by atoms with E-state index in [1.54, 1.807) is 43.4 Å². The van der Waals surface area contributed by atoms with Gasteiger partial charge in [-0.1, -0.05) is 35.3 Å². The van der Waals surface area contributed by atoms with Crippen LogP contribution >= 0.6 is 23.2 Å². The molecule has 0 bridgehead atoms. The van der Waals surface area contributed by atoms with E-state index in [-0.39, 0.29) is 0 Å². The third-order valence-electron chi connectivity index (χ3n) is 3.26. The smallest absolute Gasteiger partial charge is 0.341 e. The Morgan fingerprint density at radius 1 is 1.08 bits per heavy atom. The molecule has 1 atom stereocenters. The Balaban J connectivity index is 2.06. The van der Waals surface area contributed by atoms with Crippen LogP contribution in [0, 0.1) is 0 Å². The molecule has 0 saturated carbocycles. The number of anilines is 2. The quantitative estimate of drug-likeness (QED) is 0.777. The molecule has 0 aliphatic heterocycles. The Morgan fingerprint density at radius 3 is 2.50 bits per heavy atom. The molecule has 0 fully saturated rings. The molecule has 0 aliphatic rings. The van der Waals surface area contributed by atoms with Gasteiger partial charge in [0.2, 0.25) is 0 Å². The van der Waals surface area contributed by atoms with E-state index in [2.05, 4.69) is 10.6 Å². The fourth-order valence-corrected chi connectivity index (χ4v) is 2.32. The maximum Gasteiger partial charge on any atom is 0.341 e. The number of ether oxygens (including phenoxy) is 1. The highest BCUT2D eigenvalue weighted by atomic mass is 35.5. The average molecular weight is 367 g/mol. The van der Waals surface area contributed by atoms with Crippen LogP contribution in [0.5, 0.6) is 0 Å². The molecular formula is C17H16Cl2N2O3. The van der Waals surface area contributed by atoms with Gasteiger partial charge in [0.05, 0.1) is 16.3 Å². The number of hydrogen-bond donors (Lipinski definition) is 2. The van der Waals surface area contributed by atoms with Gasteiger partial charge in [0.25, 0.3) is 5.91 Å². The van der Waals surface area contributed by atoms with E-state index in [0.717, 1.165) is 0 Å². The van der Waals surface area contributed by atoms with E-state index in [9.17, 15) is 9.59 Å². The Hall–Kier alpha value is -2.24. The fraction of sp³-hybridized carbons (Fsp3) is 0.176. The van der Waals surface area contributed by atoms with Crippen LogP contribution in [-0.2, 0) is 9.53 Å². The normalized spacial score (nSPS) is 11.5. The first-order chi connectivity index (χ1) is 11.4. The summed E-state index contributed by atoms with van der Waals surface area (Å²) >= 11 is 11.9. The van der Waals surface area contributed by atoms with Crippen molar-refractivity contribution in [3.63, 3.8) is 0 Å². The summed E-state index contributed by atoms with van der Waals surface area (Å²) in [6.45, 7) is 1.48. The molecule has 0 aromatic heterocycles. The van der Waals surface area contributed by atoms with Crippen LogP contribution in [-0.4, -0.2) is 25.0 Å². The second-order valence-corrected chi connectivity index (χ2v) is 5.80. The zero-order chi connectivity index (χ0) is 17.7. The number of esters is 1. The Bertz CT molecular complexity index is 765. The molecule has 2 rings (SSSR count). The highest BCUT2D eigenvalue weighted by molar-refractivity contribution is 6.35. The number of carbonyl (C=O) groups is 2. The molecule has 0 unspecified atom stereocenters. The van der Waals surface area contributed by atoms with Crippen LogP contribution < -0.4 is 10.6 Å². The second-order valence-electron chi connectivity index (χ2n) is 4.96. The van der Waals surface area contributed by atoms with Gasteiger partial charge in [0, 0.05) is 17.8 Å². The maximum atomic E-state index is 12.2. The summed E-state index contributed by atoms with van der Waals surface area (Å²) in [6.07, 6.45) is -1.00. The lowest BCUT2D eigenvalue weighted by Crippen LogP contribution is -2.30. The molecule has 5 nitrogen and oxygen atoms in total. The maximum absolute atomic E-state index is 12.2. The van der Waals surface area contributed by atoms with E-state index in [0.29, 0.717) is 27.0 Å². The van der Waals surface area contributed by atoms with Gasteiger partial charge in [-0.2, -0.15) is 0 Å². The molecule has 24 heavy (non-hydrogen) atoms. The Kier molecular flexibility index (Phi) is 6.06. The van der Waals surface area contributed by atoms with Crippen molar-refractivity contribution >= 4 is 46.5 Å². The van der Waals surface area contributed by atoms with Crippen molar-refractivity contribution < 1.29 is 14.3 Å². The molecule has 0 heterocycles. The van der Waals surface area contributed by atoms with Gasteiger partial charge in [-0.3, -0.25) is 4.79 Å². The van der Waals surface area contributed by atoms with Crippen LogP contribution in [0.15, 0.2) is 42.5 Å². The van der Waals surface area contributed by atoms with Gasteiger partial charge in [0.1, 0.15) is 0 Å². The Morgan fingerprint density at radius 2 is 1.79 bits per heavy atom. The molecule has 126 valence electrons. The van der Waals surface area contributed by atoms with Crippen LogP contribution in [0.25, 0.3) is 0 Å². The Labute approximate surface area is 149 Å². The third kappa shape index (κ3) is 4.40. The molecule has 0 spiro atoms. The molecule has 2 aromatic carbocycles. The van der Waals surface area contributed by atoms with Crippen LogP contribution in [0.4, 0.5) is 11.4 Å². The molecular weight excluding hydrogens is 351 g/mol. The number of carbonyl (C=O) groups excluding carboxylic acids is 2. The number of amides is 1. The van der Waals surface area contributed by atoms with Gasteiger partial charge < -0.3 is 15.4 Å². The van der Waals surface area contributed by atoms with Crippen molar-refractivity contribution in [3.05, 3.63) is 58.1 Å². The lowest BCUT2D eigenvalue weighted by Gasteiger charge is -2.15. The summed E-state index contributed by atoms with van der Waals surface area (Å²) in [5.41, 5.74) is 1.32. The average Bonchev–Trinajstić information content (AvgIpc) is 2.57. The number of rotatable bonds is 5. The van der Waals surface area contributed by atoms with Crippen LogP contribution in [0.3, 0.4) is 0 Å². The first kappa shape index (κ1) is 18.1. The third-order valence-corrected chi connectivity index (χ3v) is 3.82. The van der Waals surface area contributed by atoms with Gasteiger partial charge in [-0.05, 0) is 37.3 Å². The zero-order valence-electron chi connectivity index (χ0n) is 13.1. The van der Waals surface area contributed by atoms with E-state index in [4.69, 9.17) is 27.9 Å². The van der Waals surface area contributed by atoms with E-state index in [1.807, 2.05) is 0 Å². The zero-order valence-corrected chi connectivity index (χ0v) is 14.6. The summed E-state index contributed by atoms with van der Waals surface area (Å²) in [4.78, 5) is 24.4. The minimum Gasteiger partial charge on any atom is -0.449 e. The van der Waals surface area contributed by atoms with Gasteiger partial charge in [-0.15, -0.1) is 0 Å². The predicted molar refractivity (Wildman–Crippen MR) is 96.0 cm³/mol. The summed E-state index contributed by atoms with van der Waals surface area (Å²) in [5, 5.41) is 6.26. The highest BCUT2D eigenvalue weighted by Crippen LogP contribution is 2.25. The summed E-state index contributed by atoms with van der Waals surface area (Å²) in [5.74, 6) is -1.10. The standard InChI is InChI=1S/C17H16Cl2N2O3/c1-10(16(22)21-15-9-11(18)7-8-13(15)19)24-17(23)12-5-3-4-6-14(12)20-2/h3-10,20H,1-2H3,(H,21,22)/t10-/m0/s1. The van der Waals surface area contributed by atoms with E-state index >= 15 is 0 Å². The van der Waals surface area contributed by atoms with Gasteiger partial charge in [-0.25, -0.2) is 4.79 Å². The van der Waals surface area contributed by atoms with Gasteiger partial charge >= 0.3 is 5.97 Å². The molecule has 0 saturated heterocycles. The minimum atomic E-state index is -1.00. The molecule has 2 N–H and O–H groups in total. The monoisotopic (exact) mass is 366 g/mol. The minimum absolute atomic E-state index is 0.340. The lowest BCUT2D eigenvalue weighted by molar-refractivity contribution is -0.123. The molecule has 1 amide bonds. The largest absolute Gasteiger partial charge is 0.449 e. The first-order valence-electron chi connectivity index (χ1n) is 7.16. The number of halogens is 2. The number of hydrogen-bond acceptors (Lipinski definition) is 4. The van der Waals surface area contributed by atoms with Gasteiger partial charge in [0.15, 0.2) is 6.10 Å². The number of para-hydroxylation sites is 1. The highest BCUT2D eigenvalue weighted by Gasteiger charge is 2.21. The van der Waals surface area contributed by atoms with Crippen molar-refractivity contribution in [2.45, 2.75) is 13.0 Å². The van der Waals surface area contributed by atoms with Crippen molar-refractivity contribution in [3.8, 4) is 0 Å². The van der Waals surface area contributed by atoms with E-state index < -0.39 is 18.0 Å². The molecule has 2 aromatic rings. The topological polar surface area (TPSA) is 67.4 Å². The first-order valence-corrected chi connectivity index (χ1v) is 7.91. The predicted octanol–water partition coefficient (Wildman–Crippen LogP) is 4.22. The summed E-state index contributed by atoms with van der Waals surface area (Å²) in [6, 6.07) is 11.6.